The molecular formula is C10H12INO5S. The lowest BCUT2D eigenvalue weighted by Crippen LogP contribution is -2.02. The summed E-state index contributed by atoms with van der Waals surface area (Å²) in [7, 11) is 1.41. The number of halogens is 1. The zero-order valence-corrected chi connectivity index (χ0v) is 12.8. The second-order valence-electron chi connectivity index (χ2n) is 3.36. The molecule has 0 spiro atoms. The fourth-order valence-electron chi connectivity index (χ4n) is 1.16. The van der Waals surface area contributed by atoms with Crippen LogP contribution < -0.4 is 0 Å². The Morgan fingerprint density at radius 1 is 1.44 bits per heavy atom. The summed E-state index contributed by atoms with van der Waals surface area (Å²) in [6.07, 6.45) is 1.51. The number of hydrogen-bond acceptors (Lipinski definition) is 5. The molecule has 8 heteroatoms. The predicted octanol–water partition coefficient (Wildman–Crippen LogP) is 1.93. The Kier molecular flexibility index (Phi) is 5.35. The van der Waals surface area contributed by atoms with Crippen molar-refractivity contribution in [3.63, 3.8) is 0 Å². The molecule has 6 nitrogen and oxygen atoms in total. The Labute approximate surface area is 113 Å². The van der Waals surface area contributed by atoms with E-state index in [9.17, 15) is 19.1 Å². The van der Waals surface area contributed by atoms with Crippen LogP contribution in [0.1, 0.15) is 0 Å². The number of hydrogen-bond donors (Lipinski definition) is 0. The van der Waals surface area contributed by atoms with Crippen LogP contribution in [0.3, 0.4) is 0 Å². The Morgan fingerprint density at radius 3 is 2.44 bits per heavy atom. The van der Waals surface area contributed by atoms with Crippen molar-refractivity contribution < 1.29 is 18.7 Å². The molecule has 0 saturated heterocycles. The lowest BCUT2D eigenvalue weighted by atomic mass is 10.3. The van der Waals surface area contributed by atoms with Crippen LogP contribution in [0.25, 0.3) is 0 Å². The fourth-order valence-corrected chi connectivity index (χ4v) is 7.39. The van der Waals surface area contributed by atoms with Gasteiger partial charge in [-0.2, -0.15) is 0 Å². The average molecular weight is 385 g/mol. The minimum atomic E-state index is -2.42. The first-order valence-corrected chi connectivity index (χ1v) is 10.4. The maximum Gasteiger partial charge on any atom is 0.269 e. The van der Waals surface area contributed by atoms with Gasteiger partial charge in [0.05, 0.1) is 4.92 Å². The van der Waals surface area contributed by atoms with Crippen molar-refractivity contribution in [2.75, 3.05) is 20.0 Å². The van der Waals surface area contributed by atoms with Crippen LogP contribution in [-0.4, -0.2) is 32.9 Å². The van der Waals surface area contributed by atoms with E-state index < -0.39 is 30.8 Å². The summed E-state index contributed by atoms with van der Waals surface area (Å²) in [4.78, 5) is 21.9. The van der Waals surface area contributed by atoms with E-state index in [4.69, 9.17) is 4.74 Å². The van der Waals surface area contributed by atoms with Crippen molar-refractivity contribution in [1.82, 2.24) is 0 Å². The highest BCUT2D eigenvalue weighted by atomic mass is 127. The van der Waals surface area contributed by atoms with Gasteiger partial charge in [-0.1, -0.05) is 0 Å². The number of nitro benzene ring substituents is 1. The van der Waals surface area contributed by atoms with Gasteiger partial charge in [-0.25, -0.2) is 0 Å². The van der Waals surface area contributed by atoms with Crippen LogP contribution in [0.4, 0.5) is 5.69 Å². The van der Waals surface area contributed by atoms with Crippen LogP contribution >= 0.6 is 19.3 Å². The average Bonchev–Trinajstić information content (AvgIpc) is 2.28. The molecule has 0 radical (unpaired) electrons. The summed E-state index contributed by atoms with van der Waals surface area (Å²) in [6, 6.07) is 5.48. The number of ether oxygens (including phenoxy) is 1. The Morgan fingerprint density at radius 2 is 2.00 bits per heavy atom. The maximum absolute atomic E-state index is 12.4. The molecule has 1 atom stereocenters. The van der Waals surface area contributed by atoms with Crippen molar-refractivity contribution in [1.29, 1.82) is 0 Å². The quantitative estimate of drug-likeness (QED) is 0.335. The van der Waals surface area contributed by atoms with Gasteiger partial charge in [0.1, 0.15) is 6.61 Å². The monoisotopic (exact) mass is 385 g/mol. The van der Waals surface area contributed by atoms with Crippen molar-refractivity contribution in [2.24, 2.45) is 0 Å². The molecule has 0 aliphatic heterocycles. The fraction of sp³-hybridized carbons (Fsp3) is 0.300. The van der Waals surface area contributed by atoms with E-state index in [0.29, 0.717) is 4.90 Å². The van der Waals surface area contributed by atoms with Gasteiger partial charge in [-0.05, 0) is 12.1 Å². The molecule has 0 bridgehead atoms. The topological polar surface area (TPSA) is 86.5 Å². The Balaban J connectivity index is 3.09. The molecule has 100 valence electrons. The van der Waals surface area contributed by atoms with E-state index in [1.165, 1.54) is 37.6 Å². The first-order valence-electron chi connectivity index (χ1n) is 4.79. The first-order chi connectivity index (χ1) is 8.36. The molecule has 18 heavy (non-hydrogen) atoms. The number of benzene rings is 1. The van der Waals surface area contributed by atoms with Crippen LogP contribution in [0, 0.1) is 10.1 Å². The molecule has 1 unspecified atom stereocenters. The highest BCUT2D eigenvalue weighted by Crippen LogP contribution is 2.23. The third kappa shape index (κ3) is 4.10. The lowest BCUT2D eigenvalue weighted by molar-refractivity contribution is -0.384. The number of methoxy groups -OCH3 is 1. The van der Waals surface area contributed by atoms with Crippen molar-refractivity contribution in [3.05, 3.63) is 34.4 Å². The predicted molar refractivity (Wildman–Crippen MR) is 76.3 cm³/mol. The Bertz CT molecular complexity index is 574. The highest BCUT2D eigenvalue weighted by Gasteiger charge is 2.11. The van der Waals surface area contributed by atoms with E-state index in [0.717, 1.165) is 0 Å². The van der Waals surface area contributed by atoms with Gasteiger partial charge in [0.2, 0.25) is 3.79 Å². The van der Waals surface area contributed by atoms with Crippen molar-refractivity contribution in [2.45, 2.75) is 4.90 Å². The summed E-state index contributed by atoms with van der Waals surface area (Å²) in [5, 5.41) is 10.5. The van der Waals surface area contributed by atoms with Gasteiger partial charge in [0.15, 0.2) is 0 Å². The summed E-state index contributed by atoms with van der Waals surface area (Å²) >= 11 is -1.20. The second-order valence-corrected chi connectivity index (χ2v) is 13.1. The largest absolute Gasteiger partial charge is 0.376 e. The number of non-ortho nitro benzene ring substituents is 1. The number of carbonyl (C=O) groups excluding carboxylic acids is 1. The molecule has 1 rings (SSSR count). The van der Waals surface area contributed by atoms with Gasteiger partial charge in [0, 0.05) is 56.2 Å². The Hall–Kier alpha value is -0.870. The summed E-state index contributed by atoms with van der Waals surface area (Å²) in [5.41, 5.74) is -0.0598. The smallest absolute Gasteiger partial charge is 0.269 e. The number of carbonyl (C=O) groups is 1. The number of nitro groups is 1. The second kappa shape index (κ2) is 6.34. The zero-order chi connectivity index (χ0) is 13.8. The lowest BCUT2D eigenvalue weighted by Gasteiger charge is -2.03. The van der Waals surface area contributed by atoms with Crippen LogP contribution in [-0.2, 0) is 16.1 Å². The molecule has 0 fully saturated rings. The highest BCUT2D eigenvalue weighted by molar-refractivity contribution is 14.2. The van der Waals surface area contributed by atoms with E-state index >= 15 is 0 Å². The molecule has 0 aliphatic rings. The molecule has 0 amide bonds. The minimum Gasteiger partial charge on any atom is -0.376 e. The number of nitrogens with zero attached hydrogens (tertiary/aromatic N) is 1. The zero-order valence-electron chi connectivity index (χ0n) is 9.79. The van der Waals surface area contributed by atoms with E-state index in [-0.39, 0.29) is 16.1 Å². The van der Waals surface area contributed by atoms with Crippen LogP contribution in [0.2, 0.25) is 0 Å². The summed E-state index contributed by atoms with van der Waals surface area (Å²) < 4.78 is 16.9. The molecule has 1 aromatic rings. The van der Waals surface area contributed by atoms with Crippen molar-refractivity contribution >= 4 is 35.3 Å². The molecule has 1 aromatic carbocycles. The van der Waals surface area contributed by atoms with Crippen LogP contribution in [0.15, 0.2) is 29.2 Å². The first kappa shape index (κ1) is 15.2. The molecule has 0 aromatic heterocycles. The van der Waals surface area contributed by atoms with Gasteiger partial charge in [-0.15, -0.1) is 0 Å². The van der Waals surface area contributed by atoms with Gasteiger partial charge in [-0.3, -0.25) is 19.1 Å². The van der Waals surface area contributed by atoms with Crippen LogP contribution in [0.5, 0.6) is 0 Å². The summed E-state index contributed by atoms with van der Waals surface area (Å²) in [6.45, 7) is -2.45. The van der Waals surface area contributed by atoms with Gasteiger partial charge >= 0.3 is 0 Å². The third-order valence-electron chi connectivity index (χ3n) is 1.96. The number of rotatable bonds is 5. The molecule has 0 aliphatic carbocycles. The van der Waals surface area contributed by atoms with E-state index in [1.807, 2.05) is 0 Å². The normalized spacial score (nSPS) is 13.9. The standard InChI is InChI=1S/C10H12INO5S/c1-17-7-10(13)11-18(2,16)9-5-3-8(4-6-9)12(14)15/h3-6H,7H2,1-2H3. The SMILES string of the molecule is COCC(=O)I=S(C)(=O)c1ccc([N+](=O)[O-])cc1. The molecular weight excluding hydrogens is 373 g/mol. The summed E-state index contributed by atoms with van der Waals surface area (Å²) in [5.74, 6) is 0. The molecule has 0 saturated carbocycles. The maximum atomic E-state index is 12.4. The van der Waals surface area contributed by atoms with Gasteiger partial charge < -0.3 is 4.74 Å². The van der Waals surface area contributed by atoms with E-state index in [1.54, 1.807) is 0 Å². The van der Waals surface area contributed by atoms with E-state index in [2.05, 4.69) is 0 Å². The molecule has 0 N–H and O–H groups in total. The minimum absolute atomic E-state index is 0.0366. The third-order valence-corrected chi connectivity index (χ3v) is 9.37. The molecule has 0 heterocycles. The van der Waals surface area contributed by atoms with Crippen molar-refractivity contribution in [3.8, 4) is 0 Å². The van der Waals surface area contributed by atoms with Gasteiger partial charge in [0.25, 0.3) is 5.69 Å².